The predicted molar refractivity (Wildman–Crippen MR) is 121 cm³/mol. The van der Waals surface area contributed by atoms with E-state index in [0.29, 0.717) is 38.0 Å². The number of hydrogen-bond acceptors (Lipinski definition) is 4. The number of aliphatic imine (C=N–C) groups is 1. The van der Waals surface area contributed by atoms with Gasteiger partial charge in [0.05, 0.1) is 13.7 Å². The number of anilines is 1. The fraction of sp³-hybridized carbons (Fsp3) is 0.400. The molecule has 1 fully saturated rings. The Balaban J connectivity index is 0.00000300. The lowest BCUT2D eigenvalue weighted by Gasteiger charge is -2.21. The van der Waals surface area contributed by atoms with Crippen LogP contribution >= 0.6 is 24.0 Å². The zero-order chi connectivity index (χ0) is 19.9. The highest BCUT2D eigenvalue weighted by molar-refractivity contribution is 14.0. The lowest BCUT2D eigenvalue weighted by Crippen LogP contribution is -2.44. The summed E-state index contributed by atoms with van der Waals surface area (Å²) in [7, 11) is 1.57. The summed E-state index contributed by atoms with van der Waals surface area (Å²) in [6, 6.07) is 7.71. The molecule has 0 amide bonds. The molecule has 1 unspecified atom stereocenters. The minimum atomic E-state index is -0.534. The molecule has 0 radical (unpaired) electrons. The molecule has 0 spiro atoms. The fourth-order valence-electron chi connectivity index (χ4n) is 3.18. The standard InChI is InChI=1S/C20H25F2N5O.HI/c1-3-23-20(25-12-14-7-8-18(28-2)24-11-14)26-15-9-10-27(13-15)19-16(21)5-4-6-17(19)22;/h4-8,11,15H,3,9-10,12-13H2,1-2H3,(H2,23,25,26);1H. The summed E-state index contributed by atoms with van der Waals surface area (Å²) in [5.74, 6) is 0.157. The van der Waals surface area contributed by atoms with Gasteiger partial charge in [-0.3, -0.25) is 0 Å². The summed E-state index contributed by atoms with van der Waals surface area (Å²) in [5.41, 5.74) is 0.998. The Morgan fingerprint density at radius 1 is 1.28 bits per heavy atom. The van der Waals surface area contributed by atoms with Crippen molar-refractivity contribution in [1.82, 2.24) is 15.6 Å². The zero-order valence-corrected chi connectivity index (χ0v) is 18.8. The molecule has 2 heterocycles. The van der Waals surface area contributed by atoms with Gasteiger partial charge < -0.3 is 20.3 Å². The Labute approximate surface area is 186 Å². The zero-order valence-electron chi connectivity index (χ0n) is 16.5. The molecule has 2 N–H and O–H groups in total. The van der Waals surface area contributed by atoms with Gasteiger partial charge in [0.15, 0.2) is 5.96 Å². The minimum Gasteiger partial charge on any atom is -0.481 e. The van der Waals surface area contributed by atoms with E-state index in [0.717, 1.165) is 12.0 Å². The molecule has 29 heavy (non-hydrogen) atoms. The first-order valence-electron chi connectivity index (χ1n) is 9.33. The second-order valence-electron chi connectivity index (χ2n) is 6.55. The van der Waals surface area contributed by atoms with E-state index in [-0.39, 0.29) is 35.7 Å². The third-order valence-electron chi connectivity index (χ3n) is 4.55. The molecule has 0 saturated carbocycles. The second kappa shape index (κ2) is 11.1. The molecule has 158 valence electrons. The highest BCUT2D eigenvalue weighted by Gasteiger charge is 2.27. The molecule has 9 heteroatoms. The average Bonchev–Trinajstić information content (AvgIpc) is 3.14. The van der Waals surface area contributed by atoms with Crippen molar-refractivity contribution >= 4 is 35.6 Å². The number of aromatic nitrogens is 1. The van der Waals surface area contributed by atoms with Crippen molar-refractivity contribution in [1.29, 1.82) is 0 Å². The van der Waals surface area contributed by atoms with Crippen LogP contribution in [0.15, 0.2) is 41.5 Å². The number of hydrogen-bond donors (Lipinski definition) is 2. The molecule has 1 atom stereocenters. The largest absolute Gasteiger partial charge is 0.481 e. The van der Waals surface area contributed by atoms with Gasteiger partial charge in [-0.1, -0.05) is 12.1 Å². The molecule has 1 aliphatic rings. The number of methoxy groups -OCH3 is 1. The number of ether oxygens (including phenoxy) is 1. The molecule has 0 aliphatic carbocycles. The summed E-state index contributed by atoms with van der Waals surface area (Å²) in [6.45, 7) is 4.25. The minimum absolute atomic E-state index is 0. The van der Waals surface area contributed by atoms with Crippen LogP contribution in [0, 0.1) is 11.6 Å². The molecule has 1 aromatic heterocycles. The van der Waals surface area contributed by atoms with Crippen molar-refractivity contribution in [2.45, 2.75) is 25.9 Å². The van der Waals surface area contributed by atoms with Gasteiger partial charge >= 0.3 is 0 Å². The van der Waals surface area contributed by atoms with Crippen LogP contribution in [0.5, 0.6) is 5.88 Å². The molecule has 1 saturated heterocycles. The number of benzene rings is 1. The molecule has 1 aromatic carbocycles. The number of rotatable bonds is 6. The molecule has 2 aromatic rings. The quantitative estimate of drug-likeness (QED) is 0.350. The molecular weight excluding hydrogens is 491 g/mol. The number of nitrogens with one attached hydrogen (secondary N) is 2. The Morgan fingerprint density at radius 2 is 2.03 bits per heavy atom. The molecule has 0 bridgehead atoms. The number of para-hydroxylation sites is 1. The van der Waals surface area contributed by atoms with Gasteiger partial charge in [-0.05, 0) is 31.0 Å². The maximum absolute atomic E-state index is 14.0. The van der Waals surface area contributed by atoms with E-state index in [4.69, 9.17) is 4.74 Å². The summed E-state index contributed by atoms with van der Waals surface area (Å²) in [4.78, 5) is 10.5. The van der Waals surface area contributed by atoms with E-state index in [9.17, 15) is 8.78 Å². The highest BCUT2D eigenvalue weighted by Crippen LogP contribution is 2.26. The van der Waals surface area contributed by atoms with Crippen molar-refractivity contribution in [3.05, 3.63) is 53.7 Å². The van der Waals surface area contributed by atoms with Gasteiger partial charge in [0.25, 0.3) is 0 Å². The van der Waals surface area contributed by atoms with Gasteiger partial charge in [0, 0.05) is 37.9 Å². The monoisotopic (exact) mass is 517 g/mol. The Hall–Kier alpha value is -2.17. The van der Waals surface area contributed by atoms with E-state index < -0.39 is 11.6 Å². The van der Waals surface area contributed by atoms with Gasteiger partial charge in [-0.2, -0.15) is 0 Å². The van der Waals surface area contributed by atoms with E-state index in [1.54, 1.807) is 24.3 Å². The first-order valence-corrected chi connectivity index (χ1v) is 9.33. The number of nitrogens with zero attached hydrogens (tertiary/aromatic N) is 3. The highest BCUT2D eigenvalue weighted by atomic mass is 127. The van der Waals surface area contributed by atoms with E-state index in [1.165, 1.54) is 18.2 Å². The molecule has 3 rings (SSSR count). The third-order valence-corrected chi connectivity index (χ3v) is 4.55. The summed E-state index contributed by atoms with van der Waals surface area (Å²) in [5, 5.41) is 6.56. The Bertz CT molecular complexity index is 799. The average molecular weight is 517 g/mol. The van der Waals surface area contributed by atoms with Crippen LogP contribution in [0.1, 0.15) is 18.9 Å². The fourth-order valence-corrected chi connectivity index (χ4v) is 3.18. The van der Waals surface area contributed by atoms with Crippen LogP contribution in [0.2, 0.25) is 0 Å². The maximum atomic E-state index is 14.0. The van der Waals surface area contributed by atoms with Crippen LogP contribution in [0.25, 0.3) is 0 Å². The Morgan fingerprint density at radius 3 is 2.66 bits per heavy atom. The first kappa shape index (κ1) is 23.1. The summed E-state index contributed by atoms with van der Waals surface area (Å²) >= 11 is 0. The normalized spacial score (nSPS) is 16.3. The lowest BCUT2D eigenvalue weighted by atomic mass is 10.2. The van der Waals surface area contributed by atoms with Crippen LogP contribution in [-0.4, -0.2) is 43.7 Å². The molecule has 6 nitrogen and oxygen atoms in total. The van der Waals surface area contributed by atoms with Crippen molar-refractivity contribution in [3.63, 3.8) is 0 Å². The lowest BCUT2D eigenvalue weighted by molar-refractivity contribution is 0.397. The topological polar surface area (TPSA) is 61.8 Å². The third kappa shape index (κ3) is 6.15. The summed E-state index contributed by atoms with van der Waals surface area (Å²) in [6.07, 6.45) is 2.49. The first-order chi connectivity index (χ1) is 13.6. The van der Waals surface area contributed by atoms with Gasteiger partial charge in [0.1, 0.15) is 17.3 Å². The van der Waals surface area contributed by atoms with Crippen LogP contribution in [-0.2, 0) is 6.54 Å². The van der Waals surface area contributed by atoms with Crippen molar-refractivity contribution in [3.8, 4) is 5.88 Å². The molecule has 1 aliphatic heterocycles. The van der Waals surface area contributed by atoms with Crippen LogP contribution < -0.4 is 20.3 Å². The van der Waals surface area contributed by atoms with Crippen molar-refractivity contribution in [2.75, 3.05) is 31.6 Å². The smallest absolute Gasteiger partial charge is 0.212 e. The van der Waals surface area contributed by atoms with Crippen LogP contribution in [0.4, 0.5) is 14.5 Å². The SMILES string of the molecule is CCNC(=NCc1ccc(OC)nc1)NC1CCN(c2c(F)cccc2F)C1.I. The Kier molecular flexibility index (Phi) is 8.87. The van der Waals surface area contributed by atoms with Gasteiger partial charge in [0.2, 0.25) is 5.88 Å². The predicted octanol–water partition coefficient (Wildman–Crippen LogP) is 3.32. The van der Waals surface area contributed by atoms with E-state index in [2.05, 4.69) is 20.6 Å². The van der Waals surface area contributed by atoms with Crippen molar-refractivity contribution in [2.24, 2.45) is 4.99 Å². The van der Waals surface area contributed by atoms with Gasteiger partial charge in [-0.15, -0.1) is 24.0 Å². The van der Waals surface area contributed by atoms with E-state index in [1.807, 2.05) is 13.0 Å². The summed E-state index contributed by atoms with van der Waals surface area (Å²) < 4.78 is 33.1. The number of guanidine groups is 1. The number of pyridine rings is 1. The molecular formula is C20H26F2IN5O. The van der Waals surface area contributed by atoms with E-state index >= 15 is 0 Å². The maximum Gasteiger partial charge on any atom is 0.212 e. The number of halogens is 3. The second-order valence-corrected chi connectivity index (χ2v) is 6.55. The van der Waals surface area contributed by atoms with Crippen LogP contribution in [0.3, 0.4) is 0 Å². The van der Waals surface area contributed by atoms with Gasteiger partial charge in [-0.25, -0.2) is 18.8 Å². The van der Waals surface area contributed by atoms with Crippen molar-refractivity contribution < 1.29 is 13.5 Å².